The molecule has 0 unspecified atom stereocenters. The molecule has 1 heterocycles. The number of ether oxygens (including phenoxy) is 1. The van der Waals surface area contributed by atoms with Crippen molar-refractivity contribution in [2.24, 2.45) is 0 Å². The number of hydrogen-bond donors (Lipinski definition) is 0. The van der Waals surface area contributed by atoms with Gasteiger partial charge in [0, 0.05) is 19.2 Å². The lowest BCUT2D eigenvalue weighted by Crippen LogP contribution is -2.29. The van der Waals surface area contributed by atoms with E-state index in [1.54, 1.807) is 7.11 Å². The number of fused-ring (bicyclic) bond motifs is 1. The predicted octanol–water partition coefficient (Wildman–Crippen LogP) is 1.01. The third kappa shape index (κ3) is 3.29. The molecule has 0 aliphatic rings. The molecule has 2 aromatic rings. The van der Waals surface area contributed by atoms with Crippen LogP contribution in [0.3, 0.4) is 0 Å². The number of rotatable bonds is 6. The second-order valence-electron chi connectivity index (χ2n) is 5.17. The molecule has 2 rings (SSSR count). The maximum atomic E-state index is 12.6. The van der Waals surface area contributed by atoms with Gasteiger partial charge in [-0.1, -0.05) is 0 Å². The summed E-state index contributed by atoms with van der Waals surface area (Å²) in [7, 11) is 5.32. The molecular weight excluding hydrogens is 288 g/mol. The maximum absolute atomic E-state index is 12.6. The van der Waals surface area contributed by atoms with Gasteiger partial charge in [-0.25, -0.2) is 4.98 Å². The van der Waals surface area contributed by atoms with E-state index >= 15 is 0 Å². The molecule has 0 bridgehead atoms. The van der Waals surface area contributed by atoms with Gasteiger partial charge >= 0.3 is 0 Å². The van der Waals surface area contributed by atoms with Crippen LogP contribution in [0.15, 0.2) is 23.0 Å². The van der Waals surface area contributed by atoms with E-state index in [-0.39, 0.29) is 16.6 Å². The van der Waals surface area contributed by atoms with E-state index in [1.165, 1.54) is 22.8 Å². The van der Waals surface area contributed by atoms with Gasteiger partial charge in [0.1, 0.15) is 5.82 Å². The zero-order valence-corrected chi connectivity index (χ0v) is 12.8. The molecule has 0 radical (unpaired) electrons. The fourth-order valence-electron chi connectivity index (χ4n) is 2.19. The minimum atomic E-state index is -0.522. The molecule has 0 saturated heterocycles. The molecule has 0 aliphatic carbocycles. The van der Waals surface area contributed by atoms with Crippen LogP contribution in [0.25, 0.3) is 10.9 Å². The lowest BCUT2D eigenvalue weighted by atomic mass is 10.2. The van der Waals surface area contributed by atoms with Gasteiger partial charge < -0.3 is 9.64 Å². The normalized spacial score (nSPS) is 11.3. The fourth-order valence-corrected chi connectivity index (χ4v) is 2.19. The Balaban J connectivity index is 2.66. The van der Waals surface area contributed by atoms with Crippen LogP contribution in [0.5, 0.6) is 0 Å². The summed E-state index contributed by atoms with van der Waals surface area (Å²) in [6, 6.07) is 4.13. The summed E-state index contributed by atoms with van der Waals surface area (Å²) < 4.78 is 6.53. The Labute approximate surface area is 127 Å². The molecular formula is C14H18N4O4. The van der Waals surface area contributed by atoms with Gasteiger partial charge in [-0.2, -0.15) is 0 Å². The Morgan fingerprint density at radius 1 is 1.41 bits per heavy atom. The van der Waals surface area contributed by atoms with Crippen molar-refractivity contribution >= 4 is 16.6 Å². The van der Waals surface area contributed by atoms with E-state index < -0.39 is 4.92 Å². The third-order valence-electron chi connectivity index (χ3n) is 3.20. The Morgan fingerprint density at radius 3 is 2.73 bits per heavy atom. The highest BCUT2D eigenvalue weighted by Gasteiger charge is 2.15. The highest BCUT2D eigenvalue weighted by molar-refractivity contribution is 5.80. The van der Waals surface area contributed by atoms with Gasteiger partial charge in [-0.3, -0.25) is 19.5 Å². The van der Waals surface area contributed by atoms with Crippen LogP contribution in [0.4, 0.5) is 5.69 Å². The van der Waals surface area contributed by atoms with Crippen molar-refractivity contribution in [1.82, 2.24) is 14.5 Å². The van der Waals surface area contributed by atoms with Crippen molar-refractivity contribution in [2.45, 2.75) is 13.1 Å². The number of hydrogen-bond acceptors (Lipinski definition) is 6. The maximum Gasteiger partial charge on any atom is 0.270 e. The topological polar surface area (TPSA) is 90.5 Å². The Morgan fingerprint density at radius 2 is 2.14 bits per heavy atom. The van der Waals surface area contributed by atoms with Gasteiger partial charge in [-0.15, -0.1) is 0 Å². The van der Waals surface area contributed by atoms with Crippen LogP contribution in [-0.4, -0.2) is 47.2 Å². The molecule has 0 amide bonds. The first kappa shape index (κ1) is 16.1. The van der Waals surface area contributed by atoms with Crippen molar-refractivity contribution in [3.63, 3.8) is 0 Å². The lowest BCUT2D eigenvalue weighted by molar-refractivity contribution is -0.384. The van der Waals surface area contributed by atoms with Crippen LogP contribution < -0.4 is 5.56 Å². The van der Waals surface area contributed by atoms with E-state index in [2.05, 4.69) is 4.98 Å². The summed E-state index contributed by atoms with van der Waals surface area (Å²) >= 11 is 0. The average Bonchev–Trinajstić information content (AvgIpc) is 2.46. The molecule has 118 valence electrons. The summed E-state index contributed by atoms with van der Waals surface area (Å²) in [4.78, 5) is 29.4. The molecule has 8 nitrogen and oxygen atoms in total. The smallest absolute Gasteiger partial charge is 0.270 e. The first-order valence-corrected chi connectivity index (χ1v) is 6.75. The minimum Gasteiger partial charge on any atom is -0.383 e. The van der Waals surface area contributed by atoms with E-state index in [0.717, 1.165) is 0 Å². The van der Waals surface area contributed by atoms with Gasteiger partial charge in [0.15, 0.2) is 0 Å². The summed E-state index contributed by atoms with van der Waals surface area (Å²) in [5.41, 5.74) is 0.0498. The Kier molecular flexibility index (Phi) is 4.84. The minimum absolute atomic E-state index is 0.120. The SMILES string of the molecule is COCCn1c(CN(C)C)nc2ccc([N+](=O)[O-])cc2c1=O. The van der Waals surface area contributed by atoms with Crippen LogP contribution in [0.2, 0.25) is 0 Å². The summed E-state index contributed by atoms with van der Waals surface area (Å²) in [5, 5.41) is 11.1. The van der Waals surface area contributed by atoms with Crippen LogP contribution in [0, 0.1) is 10.1 Å². The van der Waals surface area contributed by atoms with Crippen LogP contribution >= 0.6 is 0 Å². The van der Waals surface area contributed by atoms with Gasteiger partial charge in [0.25, 0.3) is 11.2 Å². The number of nitro groups is 1. The summed E-state index contributed by atoms with van der Waals surface area (Å²) in [5.74, 6) is 0.605. The number of nitrogens with zero attached hydrogens (tertiary/aromatic N) is 4. The number of methoxy groups -OCH3 is 1. The number of nitro benzene ring substituents is 1. The molecule has 22 heavy (non-hydrogen) atoms. The third-order valence-corrected chi connectivity index (χ3v) is 3.20. The lowest BCUT2D eigenvalue weighted by Gasteiger charge is -2.16. The molecule has 8 heteroatoms. The predicted molar refractivity (Wildman–Crippen MR) is 81.9 cm³/mol. The van der Waals surface area contributed by atoms with E-state index in [9.17, 15) is 14.9 Å². The van der Waals surface area contributed by atoms with E-state index in [1.807, 2.05) is 19.0 Å². The molecule has 0 spiro atoms. The number of non-ortho nitro benzene ring substituents is 1. The molecule has 0 N–H and O–H groups in total. The van der Waals surface area contributed by atoms with Crippen molar-refractivity contribution < 1.29 is 9.66 Å². The van der Waals surface area contributed by atoms with Crippen molar-refractivity contribution in [2.75, 3.05) is 27.8 Å². The quantitative estimate of drug-likeness (QED) is 0.584. The zero-order valence-electron chi connectivity index (χ0n) is 12.8. The fraction of sp³-hybridized carbons (Fsp3) is 0.429. The Bertz CT molecular complexity index is 754. The van der Waals surface area contributed by atoms with Gasteiger partial charge in [-0.05, 0) is 20.2 Å². The highest BCUT2D eigenvalue weighted by Crippen LogP contribution is 2.17. The van der Waals surface area contributed by atoms with Crippen molar-refractivity contribution in [3.05, 3.63) is 44.5 Å². The highest BCUT2D eigenvalue weighted by atomic mass is 16.6. The first-order valence-electron chi connectivity index (χ1n) is 6.75. The van der Waals surface area contributed by atoms with E-state index in [4.69, 9.17) is 4.74 Å². The number of aromatic nitrogens is 2. The second kappa shape index (κ2) is 6.63. The van der Waals surface area contributed by atoms with Crippen molar-refractivity contribution in [3.8, 4) is 0 Å². The van der Waals surface area contributed by atoms with Gasteiger partial charge in [0.2, 0.25) is 0 Å². The van der Waals surface area contributed by atoms with Crippen molar-refractivity contribution in [1.29, 1.82) is 0 Å². The summed E-state index contributed by atoms with van der Waals surface area (Å²) in [6.45, 7) is 1.21. The molecule has 0 aliphatic heterocycles. The standard InChI is InChI=1S/C14H18N4O4/c1-16(2)9-13-15-12-5-4-10(18(20)21)8-11(12)14(19)17(13)6-7-22-3/h4-5,8H,6-7,9H2,1-3H3. The molecule has 0 fully saturated rings. The number of benzene rings is 1. The summed E-state index contributed by atoms with van der Waals surface area (Å²) in [6.07, 6.45) is 0. The second-order valence-corrected chi connectivity index (χ2v) is 5.17. The Hall–Kier alpha value is -2.32. The van der Waals surface area contributed by atoms with Crippen LogP contribution in [-0.2, 0) is 17.8 Å². The van der Waals surface area contributed by atoms with Gasteiger partial charge in [0.05, 0.1) is 35.5 Å². The largest absolute Gasteiger partial charge is 0.383 e. The van der Waals surface area contributed by atoms with Crippen LogP contribution in [0.1, 0.15) is 5.82 Å². The first-order chi connectivity index (χ1) is 10.4. The molecule has 0 saturated carbocycles. The molecule has 0 atom stereocenters. The monoisotopic (exact) mass is 306 g/mol. The molecule has 1 aromatic heterocycles. The average molecular weight is 306 g/mol. The molecule has 1 aromatic carbocycles. The zero-order chi connectivity index (χ0) is 16.3. The van der Waals surface area contributed by atoms with E-state index in [0.29, 0.717) is 31.0 Å².